The normalized spacial score (nSPS) is 10.3. The number of pyridine rings is 1. The fourth-order valence-electron chi connectivity index (χ4n) is 2.09. The largest absolute Gasteiger partial charge is 0.308 e. The van der Waals surface area contributed by atoms with Gasteiger partial charge in [-0.25, -0.2) is 0 Å². The number of halogens is 2. The second-order valence-corrected chi connectivity index (χ2v) is 5.10. The summed E-state index contributed by atoms with van der Waals surface area (Å²) in [7, 11) is 0. The third kappa shape index (κ3) is 2.72. The highest BCUT2D eigenvalue weighted by atomic mass is 35.5. The fraction of sp³-hybridized carbons (Fsp3) is 0.200. The Morgan fingerprint density at radius 2 is 2.00 bits per heavy atom. The first kappa shape index (κ1) is 14.6. The molecule has 0 N–H and O–H groups in total. The van der Waals surface area contributed by atoms with Gasteiger partial charge in [-0.2, -0.15) is 5.26 Å². The molecule has 2 aromatic rings. The third-order valence-corrected chi connectivity index (χ3v) is 3.59. The topological polar surface area (TPSA) is 45.8 Å². The Balaban J connectivity index is 2.66. The Kier molecular flexibility index (Phi) is 4.49. The van der Waals surface area contributed by atoms with Gasteiger partial charge in [-0.1, -0.05) is 29.3 Å². The molecule has 0 unspecified atom stereocenters. The van der Waals surface area contributed by atoms with Gasteiger partial charge in [0.05, 0.1) is 23.2 Å². The zero-order chi connectivity index (χ0) is 14.7. The Labute approximate surface area is 127 Å². The van der Waals surface area contributed by atoms with Crippen molar-refractivity contribution < 1.29 is 0 Å². The molecule has 0 aliphatic rings. The molecule has 3 nitrogen and oxygen atoms in total. The maximum Gasteiger partial charge on any atom is 0.255 e. The Bertz CT molecular complexity index is 745. The summed E-state index contributed by atoms with van der Waals surface area (Å²) < 4.78 is 1.61. The van der Waals surface area contributed by atoms with Crippen LogP contribution in [0.3, 0.4) is 0 Å². The summed E-state index contributed by atoms with van der Waals surface area (Å²) in [6, 6.07) is 10.7. The van der Waals surface area contributed by atoms with Crippen molar-refractivity contribution in [3.8, 4) is 17.3 Å². The first-order valence-corrected chi connectivity index (χ1v) is 6.89. The molecule has 102 valence electrons. The number of nitrogens with zero attached hydrogens (tertiary/aromatic N) is 2. The van der Waals surface area contributed by atoms with Gasteiger partial charge in [0.25, 0.3) is 5.56 Å². The lowest BCUT2D eigenvalue weighted by atomic mass is 10.1. The highest BCUT2D eigenvalue weighted by molar-refractivity contribution is 6.36. The first-order valence-electron chi connectivity index (χ1n) is 6.13. The van der Waals surface area contributed by atoms with E-state index in [1.165, 1.54) is 0 Å². The van der Waals surface area contributed by atoms with Gasteiger partial charge in [0.1, 0.15) is 0 Å². The predicted molar refractivity (Wildman–Crippen MR) is 81.1 cm³/mol. The van der Waals surface area contributed by atoms with E-state index < -0.39 is 0 Å². The van der Waals surface area contributed by atoms with Crippen molar-refractivity contribution in [2.45, 2.75) is 19.9 Å². The van der Waals surface area contributed by atoms with Gasteiger partial charge < -0.3 is 4.57 Å². The third-order valence-electron chi connectivity index (χ3n) is 3.05. The van der Waals surface area contributed by atoms with E-state index in [-0.39, 0.29) is 12.0 Å². The van der Waals surface area contributed by atoms with Crippen LogP contribution in [0.2, 0.25) is 10.0 Å². The smallest absolute Gasteiger partial charge is 0.255 e. The maximum atomic E-state index is 12.3. The molecule has 1 aromatic carbocycles. The van der Waals surface area contributed by atoms with E-state index in [1.54, 1.807) is 28.8 Å². The molecule has 1 aromatic heterocycles. The summed E-state index contributed by atoms with van der Waals surface area (Å²) in [6.07, 6.45) is 0.105. The molecule has 20 heavy (non-hydrogen) atoms. The van der Waals surface area contributed by atoms with Crippen molar-refractivity contribution in [1.29, 1.82) is 5.26 Å². The molecule has 0 fully saturated rings. The van der Waals surface area contributed by atoms with Crippen molar-refractivity contribution in [1.82, 2.24) is 4.57 Å². The molecule has 0 saturated heterocycles. The van der Waals surface area contributed by atoms with E-state index in [2.05, 4.69) is 0 Å². The van der Waals surface area contributed by atoms with Gasteiger partial charge in [-0.05, 0) is 31.2 Å². The number of hydrogen-bond donors (Lipinski definition) is 0. The van der Waals surface area contributed by atoms with Crippen molar-refractivity contribution in [3.63, 3.8) is 0 Å². The van der Waals surface area contributed by atoms with Crippen molar-refractivity contribution in [3.05, 3.63) is 56.3 Å². The minimum absolute atomic E-state index is 0.105. The zero-order valence-corrected chi connectivity index (χ0v) is 12.4. The van der Waals surface area contributed by atoms with Crippen LogP contribution in [0.25, 0.3) is 11.3 Å². The van der Waals surface area contributed by atoms with E-state index in [0.717, 1.165) is 11.3 Å². The lowest BCUT2D eigenvalue weighted by Crippen LogP contribution is -2.24. The van der Waals surface area contributed by atoms with Crippen LogP contribution < -0.4 is 5.56 Å². The van der Waals surface area contributed by atoms with Crippen LogP contribution in [0.5, 0.6) is 0 Å². The minimum Gasteiger partial charge on any atom is -0.308 e. The van der Waals surface area contributed by atoms with Crippen LogP contribution in [0.4, 0.5) is 0 Å². The molecule has 0 amide bonds. The highest BCUT2D eigenvalue weighted by Crippen LogP contribution is 2.29. The van der Waals surface area contributed by atoms with Crippen LogP contribution in [0.1, 0.15) is 12.5 Å². The molecule has 0 aliphatic carbocycles. The van der Waals surface area contributed by atoms with E-state index >= 15 is 0 Å². The zero-order valence-electron chi connectivity index (χ0n) is 10.9. The van der Waals surface area contributed by atoms with Crippen molar-refractivity contribution in [2.75, 3.05) is 0 Å². The van der Waals surface area contributed by atoms with E-state index in [0.29, 0.717) is 22.2 Å². The summed E-state index contributed by atoms with van der Waals surface area (Å²) in [5, 5.41) is 9.77. The summed E-state index contributed by atoms with van der Waals surface area (Å²) in [6.45, 7) is 2.39. The molecule has 0 bridgehead atoms. The Morgan fingerprint density at radius 1 is 1.25 bits per heavy atom. The summed E-state index contributed by atoms with van der Waals surface area (Å²) >= 11 is 12.1. The Morgan fingerprint density at radius 3 is 2.60 bits per heavy atom. The molecule has 2 rings (SSSR count). The van der Waals surface area contributed by atoms with Crippen LogP contribution in [-0.4, -0.2) is 4.57 Å². The fourth-order valence-corrected chi connectivity index (χ4v) is 2.59. The van der Waals surface area contributed by atoms with E-state index in [4.69, 9.17) is 28.5 Å². The standard InChI is InChI=1S/C15H12Cl2N2O/c1-2-19-14(6-3-10(7-8-18)15(19)20)12-5-4-11(16)9-13(12)17/h3-6,9H,2,7H2,1H3. The second-order valence-electron chi connectivity index (χ2n) is 4.25. The van der Waals surface area contributed by atoms with Gasteiger partial charge in [-0.15, -0.1) is 0 Å². The van der Waals surface area contributed by atoms with Gasteiger partial charge in [0.15, 0.2) is 0 Å². The van der Waals surface area contributed by atoms with Gasteiger partial charge in [0.2, 0.25) is 0 Å². The minimum atomic E-state index is -0.155. The number of aromatic nitrogens is 1. The molecule has 0 saturated carbocycles. The van der Waals surface area contributed by atoms with Crippen molar-refractivity contribution >= 4 is 23.2 Å². The number of nitriles is 1. The van der Waals surface area contributed by atoms with Gasteiger partial charge in [-0.3, -0.25) is 4.79 Å². The number of rotatable bonds is 3. The SMILES string of the molecule is CCn1c(-c2ccc(Cl)cc2Cl)ccc(CC#N)c1=O. The lowest BCUT2D eigenvalue weighted by molar-refractivity contribution is 0.727. The van der Waals surface area contributed by atoms with Gasteiger partial charge in [0, 0.05) is 22.7 Å². The monoisotopic (exact) mass is 306 g/mol. The van der Waals surface area contributed by atoms with Gasteiger partial charge >= 0.3 is 0 Å². The van der Waals surface area contributed by atoms with Crippen LogP contribution in [0, 0.1) is 11.3 Å². The number of benzene rings is 1. The molecule has 1 heterocycles. The quantitative estimate of drug-likeness (QED) is 0.863. The van der Waals surface area contributed by atoms with Crippen molar-refractivity contribution in [2.24, 2.45) is 0 Å². The van der Waals surface area contributed by atoms with E-state index in [9.17, 15) is 4.79 Å². The molecule has 0 atom stereocenters. The van der Waals surface area contributed by atoms with Crippen LogP contribution in [-0.2, 0) is 13.0 Å². The molecule has 0 radical (unpaired) electrons. The van der Waals surface area contributed by atoms with Crippen LogP contribution in [0.15, 0.2) is 35.1 Å². The molecule has 0 aliphatic heterocycles. The lowest BCUT2D eigenvalue weighted by Gasteiger charge is -2.13. The first-order chi connectivity index (χ1) is 9.58. The summed E-state index contributed by atoms with van der Waals surface area (Å²) in [5.74, 6) is 0. The average molecular weight is 307 g/mol. The molecular weight excluding hydrogens is 295 g/mol. The average Bonchev–Trinajstić information content (AvgIpc) is 2.41. The van der Waals surface area contributed by atoms with Crippen LogP contribution >= 0.6 is 23.2 Å². The second kappa shape index (κ2) is 6.13. The molecular formula is C15H12Cl2N2O. The molecule has 0 spiro atoms. The number of hydrogen-bond acceptors (Lipinski definition) is 2. The summed E-state index contributed by atoms with van der Waals surface area (Å²) in [5.41, 5.74) is 1.81. The Hall–Kier alpha value is -1.76. The summed E-state index contributed by atoms with van der Waals surface area (Å²) in [4.78, 5) is 12.3. The maximum absolute atomic E-state index is 12.3. The molecule has 5 heteroatoms. The predicted octanol–water partition coefficient (Wildman–Crippen LogP) is 3.91. The highest BCUT2D eigenvalue weighted by Gasteiger charge is 2.12. The van der Waals surface area contributed by atoms with E-state index in [1.807, 2.05) is 19.1 Å².